The Morgan fingerprint density at radius 2 is 1.42 bits per heavy atom. The molecule has 3 rings (SSSR count). The van der Waals surface area contributed by atoms with Crippen LogP contribution in [0.5, 0.6) is 11.5 Å². The number of nitrogens with one attached hydrogen (secondary N) is 1. The lowest BCUT2D eigenvalue weighted by Gasteiger charge is -2.25. The number of rotatable bonds is 9. The molecule has 3 aromatic rings. The molecule has 0 aliphatic heterocycles. The lowest BCUT2D eigenvalue weighted by atomic mass is 10.1. The molecule has 1 amide bonds. The fraction of sp³-hybridized carbons (Fsp3) is 0.240. The van der Waals surface area contributed by atoms with Crippen molar-refractivity contribution in [2.24, 2.45) is 0 Å². The molecule has 0 fully saturated rings. The van der Waals surface area contributed by atoms with Crippen LogP contribution in [0, 0.1) is 13.8 Å². The van der Waals surface area contributed by atoms with E-state index >= 15 is 0 Å². The third-order valence-electron chi connectivity index (χ3n) is 5.16. The Kier molecular flexibility index (Phi) is 7.60. The zero-order valence-corrected chi connectivity index (χ0v) is 20.0. The van der Waals surface area contributed by atoms with Gasteiger partial charge in [-0.15, -0.1) is 0 Å². The number of benzene rings is 3. The molecule has 7 nitrogen and oxygen atoms in total. The maximum absolute atomic E-state index is 13.5. The van der Waals surface area contributed by atoms with Gasteiger partial charge in [-0.2, -0.15) is 0 Å². The maximum atomic E-state index is 13.5. The molecule has 174 valence electrons. The quantitative estimate of drug-likeness (QED) is 0.516. The largest absolute Gasteiger partial charge is 0.493 e. The third-order valence-corrected chi connectivity index (χ3v) is 6.95. The lowest BCUT2D eigenvalue weighted by molar-refractivity contribution is -0.119. The monoisotopic (exact) mass is 468 g/mol. The second kappa shape index (κ2) is 10.4. The molecule has 0 atom stereocenters. The van der Waals surface area contributed by atoms with Crippen molar-refractivity contribution in [2.75, 3.05) is 25.1 Å². The highest BCUT2D eigenvalue weighted by molar-refractivity contribution is 7.92. The molecule has 0 spiro atoms. The second-order valence-corrected chi connectivity index (χ2v) is 9.49. The first kappa shape index (κ1) is 24.1. The molecule has 0 saturated carbocycles. The minimum atomic E-state index is -4.02. The van der Waals surface area contributed by atoms with Gasteiger partial charge in [0.1, 0.15) is 6.54 Å². The van der Waals surface area contributed by atoms with Gasteiger partial charge in [-0.3, -0.25) is 9.10 Å². The van der Waals surface area contributed by atoms with Crippen LogP contribution in [-0.4, -0.2) is 35.1 Å². The summed E-state index contributed by atoms with van der Waals surface area (Å²) in [4.78, 5) is 12.9. The Balaban J connectivity index is 1.92. The van der Waals surface area contributed by atoms with Crippen LogP contribution < -0.4 is 19.1 Å². The predicted molar refractivity (Wildman–Crippen MR) is 128 cm³/mol. The predicted octanol–water partition coefficient (Wildman–Crippen LogP) is 3.83. The van der Waals surface area contributed by atoms with Gasteiger partial charge in [0.25, 0.3) is 10.0 Å². The highest BCUT2D eigenvalue weighted by Crippen LogP contribution is 2.33. The van der Waals surface area contributed by atoms with E-state index in [0.717, 1.165) is 21.0 Å². The molecule has 0 aromatic heterocycles. The summed E-state index contributed by atoms with van der Waals surface area (Å²) in [7, 11) is -1.06. The number of anilines is 1. The SMILES string of the molecule is COc1ccc(N(CC(=O)NCc2ccc(C)cc2)S(=O)(=O)c2ccc(C)cc2)cc1OC. The molecule has 8 heteroatoms. The summed E-state index contributed by atoms with van der Waals surface area (Å²) in [6, 6.07) is 19.0. The number of carbonyl (C=O) groups is 1. The number of ether oxygens (including phenoxy) is 2. The van der Waals surface area contributed by atoms with E-state index in [0.29, 0.717) is 23.7 Å². The van der Waals surface area contributed by atoms with Gasteiger partial charge in [-0.1, -0.05) is 47.5 Å². The number of methoxy groups -OCH3 is 2. The molecule has 0 heterocycles. The Morgan fingerprint density at radius 3 is 2.00 bits per heavy atom. The first-order valence-electron chi connectivity index (χ1n) is 10.4. The summed E-state index contributed by atoms with van der Waals surface area (Å²) < 4.78 is 38.7. The smallest absolute Gasteiger partial charge is 0.264 e. The van der Waals surface area contributed by atoms with Gasteiger partial charge in [0.05, 0.1) is 24.8 Å². The Bertz CT molecular complexity index is 1210. The fourth-order valence-corrected chi connectivity index (χ4v) is 4.64. The molecule has 33 heavy (non-hydrogen) atoms. The lowest BCUT2D eigenvalue weighted by Crippen LogP contribution is -2.40. The molecule has 0 aliphatic carbocycles. The van der Waals surface area contributed by atoms with Gasteiger partial charge in [0.2, 0.25) is 5.91 Å². The molecular weight excluding hydrogens is 440 g/mol. The van der Waals surface area contributed by atoms with Gasteiger partial charge >= 0.3 is 0 Å². The van der Waals surface area contributed by atoms with Crippen molar-refractivity contribution in [1.29, 1.82) is 0 Å². The van der Waals surface area contributed by atoms with Crippen molar-refractivity contribution in [3.8, 4) is 11.5 Å². The maximum Gasteiger partial charge on any atom is 0.264 e. The Morgan fingerprint density at radius 1 is 0.848 bits per heavy atom. The molecule has 0 radical (unpaired) electrons. The van der Waals surface area contributed by atoms with Crippen LogP contribution in [0.4, 0.5) is 5.69 Å². The summed E-state index contributed by atoms with van der Waals surface area (Å²) in [5.41, 5.74) is 3.27. The average Bonchev–Trinajstić information content (AvgIpc) is 2.82. The van der Waals surface area contributed by atoms with Crippen LogP contribution in [0.2, 0.25) is 0 Å². The average molecular weight is 469 g/mol. The number of hydrogen-bond donors (Lipinski definition) is 1. The Hall–Kier alpha value is -3.52. The molecule has 1 N–H and O–H groups in total. The van der Waals surface area contributed by atoms with E-state index in [1.54, 1.807) is 24.3 Å². The van der Waals surface area contributed by atoms with Crippen LogP contribution >= 0.6 is 0 Å². The fourth-order valence-electron chi connectivity index (χ4n) is 3.23. The zero-order valence-electron chi connectivity index (χ0n) is 19.2. The van der Waals surface area contributed by atoms with E-state index in [1.165, 1.54) is 32.4 Å². The number of hydrogen-bond acceptors (Lipinski definition) is 5. The van der Waals surface area contributed by atoms with Gasteiger partial charge < -0.3 is 14.8 Å². The van der Waals surface area contributed by atoms with Crippen molar-refractivity contribution < 1.29 is 22.7 Å². The summed E-state index contributed by atoms with van der Waals surface area (Å²) in [5, 5.41) is 2.80. The highest BCUT2D eigenvalue weighted by atomic mass is 32.2. The number of amides is 1. The molecule has 0 saturated heterocycles. The minimum absolute atomic E-state index is 0.0919. The minimum Gasteiger partial charge on any atom is -0.493 e. The van der Waals surface area contributed by atoms with E-state index in [9.17, 15) is 13.2 Å². The van der Waals surface area contributed by atoms with Crippen LogP contribution in [0.1, 0.15) is 16.7 Å². The number of carbonyl (C=O) groups excluding carboxylic acids is 1. The molecular formula is C25H28N2O5S. The number of aryl methyl sites for hydroxylation is 2. The third kappa shape index (κ3) is 5.84. The van der Waals surface area contributed by atoms with Crippen molar-refractivity contribution in [3.63, 3.8) is 0 Å². The summed E-state index contributed by atoms with van der Waals surface area (Å²) >= 11 is 0. The van der Waals surface area contributed by atoms with E-state index in [-0.39, 0.29) is 4.90 Å². The van der Waals surface area contributed by atoms with Crippen molar-refractivity contribution in [2.45, 2.75) is 25.3 Å². The zero-order chi connectivity index (χ0) is 24.0. The highest BCUT2D eigenvalue weighted by Gasteiger charge is 2.28. The van der Waals surface area contributed by atoms with Gasteiger partial charge in [0.15, 0.2) is 11.5 Å². The first-order valence-corrected chi connectivity index (χ1v) is 11.8. The van der Waals surface area contributed by atoms with E-state index in [4.69, 9.17) is 9.47 Å². The van der Waals surface area contributed by atoms with Gasteiger partial charge in [-0.25, -0.2) is 8.42 Å². The normalized spacial score (nSPS) is 11.0. The topological polar surface area (TPSA) is 84.9 Å². The van der Waals surface area contributed by atoms with Crippen molar-refractivity contribution in [3.05, 3.63) is 83.4 Å². The van der Waals surface area contributed by atoms with E-state index < -0.39 is 22.5 Å². The van der Waals surface area contributed by atoms with Crippen molar-refractivity contribution >= 4 is 21.6 Å². The van der Waals surface area contributed by atoms with Crippen LogP contribution in [0.25, 0.3) is 0 Å². The second-order valence-electron chi connectivity index (χ2n) is 7.63. The van der Waals surface area contributed by atoms with E-state index in [2.05, 4.69) is 5.32 Å². The number of sulfonamides is 1. The van der Waals surface area contributed by atoms with Crippen molar-refractivity contribution in [1.82, 2.24) is 5.32 Å². The van der Waals surface area contributed by atoms with Crippen LogP contribution in [-0.2, 0) is 21.4 Å². The summed E-state index contributed by atoms with van der Waals surface area (Å²) in [6.45, 7) is 3.77. The summed E-state index contributed by atoms with van der Waals surface area (Å²) in [5.74, 6) is 0.387. The molecule has 3 aromatic carbocycles. The van der Waals surface area contributed by atoms with Crippen LogP contribution in [0.15, 0.2) is 71.6 Å². The van der Waals surface area contributed by atoms with Gasteiger partial charge in [0, 0.05) is 12.6 Å². The molecule has 0 unspecified atom stereocenters. The van der Waals surface area contributed by atoms with E-state index in [1.807, 2.05) is 38.1 Å². The first-order chi connectivity index (χ1) is 15.7. The molecule has 0 bridgehead atoms. The molecule has 0 aliphatic rings. The van der Waals surface area contributed by atoms with Gasteiger partial charge in [-0.05, 0) is 43.7 Å². The summed E-state index contributed by atoms with van der Waals surface area (Å²) in [6.07, 6.45) is 0. The standard InChI is InChI=1S/C25H28N2O5S/c1-18-5-9-20(10-6-18)16-26-25(28)17-27(21-11-14-23(31-3)24(15-21)32-4)33(29,30)22-12-7-19(2)8-13-22/h5-15H,16-17H2,1-4H3,(H,26,28). The Labute approximate surface area is 195 Å². The number of nitrogens with zero attached hydrogens (tertiary/aromatic N) is 1. The van der Waals surface area contributed by atoms with Crippen LogP contribution in [0.3, 0.4) is 0 Å².